The lowest BCUT2D eigenvalue weighted by Crippen LogP contribution is -2.45. The van der Waals surface area contributed by atoms with E-state index >= 15 is 0 Å². The maximum Gasteiger partial charge on any atom is 0.166 e. The Morgan fingerprint density at radius 2 is 1.63 bits per heavy atom. The monoisotopic (exact) mass is 276 g/mol. The Labute approximate surface area is 109 Å². The van der Waals surface area contributed by atoms with Gasteiger partial charge >= 0.3 is 0 Å². The zero-order valence-corrected chi connectivity index (χ0v) is 10.6. The lowest BCUT2D eigenvalue weighted by molar-refractivity contribution is 0.161. The van der Waals surface area contributed by atoms with Gasteiger partial charge in [-0.15, -0.1) is 0 Å². The van der Waals surface area contributed by atoms with Crippen LogP contribution >= 0.6 is 0 Å². The van der Waals surface area contributed by atoms with Gasteiger partial charge in [0.15, 0.2) is 23.3 Å². The summed E-state index contributed by atoms with van der Waals surface area (Å²) >= 11 is 0. The third-order valence-corrected chi connectivity index (χ3v) is 3.46. The van der Waals surface area contributed by atoms with E-state index in [-0.39, 0.29) is 6.07 Å². The van der Waals surface area contributed by atoms with Crippen LogP contribution in [0, 0.1) is 23.3 Å². The van der Waals surface area contributed by atoms with Crippen molar-refractivity contribution in [2.45, 2.75) is 19.4 Å². The van der Waals surface area contributed by atoms with Crippen molar-refractivity contribution in [2.75, 3.05) is 26.2 Å². The fourth-order valence-electron chi connectivity index (χ4n) is 2.52. The highest BCUT2D eigenvalue weighted by atomic mass is 19.2. The van der Waals surface area contributed by atoms with E-state index in [2.05, 4.69) is 5.32 Å². The highest BCUT2D eigenvalue weighted by molar-refractivity contribution is 5.26. The van der Waals surface area contributed by atoms with Gasteiger partial charge in [-0.05, 0) is 6.42 Å². The molecule has 2 rings (SSSR count). The van der Waals surface area contributed by atoms with Crippen molar-refractivity contribution in [1.82, 2.24) is 10.2 Å². The molecule has 1 aromatic rings. The lowest BCUT2D eigenvalue weighted by Gasteiger charge is -2.35. The topological polar surface area (TPSA) is 15.3 Å². The van der Waals surface area contributed by atoms with Gasteiger partial charge in [0.1, 0.15) is 0 Å². The summed E-state index contributed by atoms with van der Waals surface area (Å²) in [6, 6.07) is -0.397. The molecule has 1 aliphatic heterocycles. The molecule has 1 heterocycles. The van der Waals surface area contributed by atoms with Crippen molar-refractivity contribution in [3.05, 3.63) is 34.9 Å². The van der Waals surface area contributed by atoms with E-state index in [9.17, 15) is 17.6 Å². The number of halogens is 4. The average Bonchev–Trinajstić information content (AvgIpc) is 2.42. The van der Waals surface area contributed by atoms with Gasteiger partial charge in [-0.1, -0.05) is 6.92 Å². The van der Waals surface area contributed by atoms with Crippen LogP contribution in [0.2, 0.25) is 0 Å². The molecule has 1 N–H and O–H groups in total. The van der Waals surface area contributed by atoms with Gasteiger partial charge in [-0.2, -0.15) is 0 Å². The quantitative estimate of drug-likeness (QED) is 0.674. The van der Waals surface area contributed by atoms with E-state index < -0.39 is 34.9 Å². The summed E-state index contributed by atoms with van der Waals surface area (Å²) in [6.45, 7) is 4.31. The second kappa shape index (κ2) is 5.88. The number of benzene rings is 1. The molecule has 1 fully saturated rings. The van der Waals surface area contributed by atoms with Crippen LogP contribution in [-0.2, 0) is 0 Å². The first-order valence-corrected chi connectivity index (χ1v) is 6.34. The molecule has 0 unspecified atom stereocenters. The van der Waals surface area contributed by atoms with Gasteiger partial charge in [0.2, 0.25) is 0 Å². The SMILES string of the molecule is CC[C@@H](c1c(F)c(F)cc(F)c1F)N1CCNCC1. The molecule has 0 aliphatic carbocycles. The number of rotatable bonds is 3. The molecule has 0 amide bonds. The smallest absolute Gasteiger partial charge is 0.166 e. The second-order valence-electron chi connectivity index (χ2n) is 4.59. The maximum absolute atomic E-state index is 13.8. The third-order valence-electron chi connectivity index (χ3n) is 3.46. The molecule has 1 atom stereocenters. The molecule has 106 valence electrons. The Balaban J connectivity index is 2.42. The lowest BCUT2D eigenvalue weighted by atomic mass is 10.00. The average molecular weight is 276 g/mol. The Bertz CT molecular complexity index is 432. The molecule has 1 aromatic carbocycles. The largest absolute Gasteiger partial charge is 0.314 e. The van der Waals surface area contributed by atoms with Gasteiger partial charge in [-0.3, -0.25) is 4.90 Å². The molecule has 0 spiro atoms. The van der Waals surface area contributed by atoms with Crippen molar-refractivity contribution in [3.8, 4) is 0 Å². The Morgan fingerprint density at radius 1 is 1.11 bits per heavy atom. The van der Waals surface area contributed by atoms with E-state index in [4.69, 9.17) is 0 Å². The van der Waals surface area contributed by atoms with E-state index in [1.165, 1.54) is 0 Å². The first kappa shape index (κ1) is 14.3. The summed E-state index contributed by atoms with van der Waals surface area (Å²) in [5, 5.41) is 3.12. The molecule has 1 aliphatic rings. The maximum atomic E-state index is 13.8. The highest BCUT2D eigenvalue weighted by Gasteiger charge is 2.29. The molecule has 6 heteroatoms. The number of nitrogens with zero attached hydrogens (tertiary/aromatic N) is 1. The van der Waals surface area contributed by atoms with Gasteiger partial charge in [0, 0.05) is 43.9 Å². The van der Waals surface area contributed by atoms with E-state index in [1.54, 1.807) is 6.92 Å². The van der Waals surface area contributed by atoms with Crippen LogP contribution in [0.25, 0.3) is 0 Å². The summed E-state index contributed by atoms with van der Waals surface area (Å²) in [5.74, 6) is -5.27. The van der Waals surface area contributed by atoms with Gasteiger partial charge in [-0.25, -0.2) is 17.6 Å². The van der Waals surface area contributed by atoms with Gasteiger partial charge in [0.25, 0.3) is 0 Å². The molecular formula is C13H16F4N2. The summed E-state index contributed by atoms with van der Waals surface area (Å²) in [4.78, 5) is 1.84. The standard InChI is InChI=1S/C13H16F4N2/c1-2-10(19-5-3-18-4-6-19)11-12(16)8(14)7-9(15)13(11)17/h7,10,18H,2-6H2,1H3/t10-/m0/s1. The minimum absolute atomic E-state index is 0.249. The number of hydrogen-bond acceptors (Lipinski definition) is 2. The van der Waals surface area contributed by atoms with Crippen LogP contribution in [0.3, 0.4) is 0 Å². The molecule has 0 saturated carbocycles. The first-order chi connectivity index (χ1) is 9.06. The van der Waals surface area contributed by atoms with Crippen LogP contribution in [-0.4, -0.2) is 31.1 Å². The van der Waals surface area contributed by atoms with E-state index in [0.29, 0.717) is 32.6 Å². The summed E-state index contributed by atoms with van der Waals surface area (Å²) in [7, 11) is 0. The van der Waals surface area contributed by atoms with Crippen molar-refractivity contribution in [3.63, 3.8) is 0 Å². The summed E-state index contributed by atoms with van der Waals surface area (Å²) in [5.41, 5.74) is -0.498. The summed E-state index contributed by atoms with van der Waals surface area (Å²) in [6.07, 6.45) is 0.386. The van der Waals surface area contributed by atoms with Crippen LogP contribution in [0.1, 0.15) is 24.9 Å². The molecule has 19 heavy (non-hydrogen) atoms. The van der Waals surface area contributed by atoms with Crippen LogP contribution in [0.15, 0.2) is 6.07 Å². The van der Waals surface area contributed by atoms with Crippen molar-refractivity contribution in [1.29, 1.82) is 0 Å². The molecule has 0 radical (unpaired) electrons. The zero-order chi connectivity index (χ0) is 14.0. The van der Waals surface area contributed by atoms with E-state index in [1.807, 2.05) is 4.90 Å². The second-order valence-corrected chi connectivity index (χ2v) is 4.59. The fourth-order valence-corrected chi connectivity index (χ4v) is 2.52. The summed E-state index contributed by atoms with van der Waals surface area (Å²) < 4.78 is 54.2. The Hall–Kier alpha value is -1.14. The van der Waals surface area contributed by atoms with Crippen molar-refractivity contribution < 1.29 is 17.6 Å². The number of piperazine rings is 1. The highest BCUT2D eigenvalue weighted by Crippen LogP contribution is 2.31. The third kappa shape index (κ3) is 2.74. The molecule has 0 bridgehead atoms. The molecular weight excluding hydrogens is 260 g/mol. The predicted octanol–water partition coefficient (Wildman–Crippen LogP) is 2.60. The molecule has 0 aromatic heterocycles. The Morgan fingerprint density at radius 3 is 2.11 bits per heavy atom. The van der Waals surface area contributed by atoms with Crippen molar-refractivity contribution in [2.24, 2.45) is 0 Å². The first-order valence-electron chi connectivity index (χ1n) is 6.34. The molecule has 2 nitrogen and oxygen atoms in total. The van der Waals surface area contributed by atoms with Gasteiger partial charge < -0.3 is 5.32 Å². The minimum Gasteiger partial charge on any atom is -0.314 e. The van der Waals surface area contributed by atoms with Crippen molar-refractivity contribution >= 4 is 0 Å². The Kier molecular flexibility index (Phi) is 4.42. The zero-order valence-electron chi connectivity index (χ0n) is 10.6. The van der Waals surface area contributed by atoms with E-state index in [0.717, 1.165) is 0 Å². The van der Waals surface area contributed by atoms with Gasteiger partial charge in [0.05, 0.1) is 0 Å². The van der Waals surface area contributed by atoms with Crippen LogP contribution in [0.5, 0.6) is 0 Å². The number of nitrogens with one attached hydrogen (secondary N) is 1. The normalized spacial score (nSPS) is 18.6. The number of hydrogen-bond donors (Lipinski definition) is 1. The van der Waals surface area contributed by atoms with Crippen LogP contribution < -0.4 is 5.32 Å². The minimum atomic E-state index is -1.34. The van der Waals surface area contributed by atoms with Crippen LogP contribution in [0.4, 0.5) is 17.6 Å². The fraction of sp³-hybridized carbons (Fsp3) is 0.538. The molecule has 1 saturated heterocycles. The predicted molar refractivity (Wildman–Crippen MR) is 63.7 cm³/mol.